The average Bonchev–Trinajstić information content (AvgIpc) is 3.45. The third-order valence-electron chi connectivity index (χ3n) is 8.17. The Bertz CT molecular complexity index is 1380. The van der Waals surface area contributed by atoms with Crippen LogP contribution in [0.2, 0.25) is 0 Å². The Balaban J connectivity index is 2.03. The lowest BCUT2D eigenvalue weighted by Crippen LogP contribution is -2.54. The fraction of sp³-hybridized carbons (Fsp3) is 0.788. The molecule has 0 bridgehead atoms. The molecule has 0 aromatic carbocycles. The number of aryl methyl sites for hydroxylation is 1. The molecule has 2 rings (SSSR count). The van der Waals surface area contributed by atoms with Crippen LogP contribution in [0, 0.1) is 24.7 Å². The quantitative estimate of drug-likeness (QED) is 0.133. The number of nitrogens with zero attached hydrogens (tertiary/aromatic N) is 2. The lowest BCUT2D eigenvalue weighted by molar-refractivity contribution is -0.132. The summed E-state index contributed by atoms with van der Waals surface area (Å²) in [5.41, 5.74) is 1.93. The van der Waals surface area contributed by atoms with Crippen LogP contribution in [-0.2, 0) is 47.0 Å². The zero-order valence-corrected chi connectivity index (χ0v) is 32.1. The van der Waals surface area contributed by atoms with Gasteiger partial charge in [-0.15, -0.1) is 0 Å². The Labute approximate surface area is 295 Å². The molecular weight excluding hydrogens is 673 g/mol. The molecule has 2 heterocycles. The van der Waals surface area contributed by atoms with Gasteiger partial charge in [0.05, 0.1) is 41.6 Å². The maximum Gasteiger partial charge on any atom is 0.407 e. The number of rotatable bonds is 20. The van der Waals surface area contributed by atoms with Gasteiger partial charge in [0.1, 0.15) is 18.7 Å². The van der Waals surface area contributed by atoms with E-state index in [1.165, 1.54) is 11.8 Å². The number of carbonyl (C=O) groups excluding carboxylic acids is 4. The lowest BCUT2D eigenvalue weighted by atomic mass is 9.91. The van der Waals surface area contributed by atoms with E-state index in [1.54, 1.807) is 18.5 Å². The van der Waals surface area contributed by atoms with Gasteiger partial charge >= 0.3 is 6.09 Å². The maximum atomic E-state index is 13.5. The molecule has 0 radical (unpaired) electrons. The number of aliphatic hydroxyl groups excluding tert-OH is 1. The van der Waals surface area contributed by atoms with Gasteiger partial charge in [-0.3, -0.25) is 19.1 Å². The van der Waals surface area contributed by atoms with Crippen LogP contribution in [0.1, 0.15) is 91.1 Å². The molecule has 280 valence electrons. The number of carbonyl (C=O) groups is 4. The molecule has 1 aromatic rings. The highest BCUT2D eigenvalue weighted by atomic mass is 32.2. The molecule has 1 aliphatic heterocycles. The summed E-state index contributed by atoms with van der Waals surface area (Å²) in [6.45, 7) is 15.1. The number of aliphatic hydroxyl groups is 1. The van der Waals surface area contributed by atoms with Crippen molar-refractivity contribution < 1.29 is 37.4 Å². The van der Waals surface area contributed by atoms with Crippen LogP contribution in [0.15, 0.2) is 0 Å². The Morgan fingerprint density at radius 2 is 1.51 bits per heavy atom. The Morgan fingerprint density at radius 1 is 0.878 bits per heavy atom. The normalized spacial score (nSPS) is 16.8. The fourth-order valence-corrected chi connectivity index (χ4v) is 7.86. The first kappa shape index (κ1) is 42.3. The molecule has 1 aromatic heterocycles. The zero-order valence-electron chi connectivity index (χ0n) is 30.5. The van der Waals surface area contributed by atoms with Gasteiger partial charge in [-0.05, 0) is 70.3 Å². The van der Waals surface area contributed by atoms with Crippen LogP contribution in [0.4, 0.5) is 4.79 Å². The van der Waals surface area contributed by atoms with Crippen LogP contribution in [0.3, 0.4) is 0 Å². The smallest absolute Gasteiger partial charge is 0.407 e. The number of alkyl carbamates (subject to hydrolysis) is 1. The summed E-state index contributed by atoms with van der Waals surface area (Å²) in [6, 6.07) is -2.43. The summed E-state index contributed by atoms with van der Waals surface area (Å²) in [5, 5.41) is 26.9. The van der Waals surface area contributed by atoms with Crippen molar-refractivity contribution in [2.24, 2.45) is 17.8 Å². The number of hydrogen-bond donors (Lipinski definition) is 5. The molecule has 16 heteroatoms. The van der Waals surface area contributed by atoms with E-state index < -0.39 is 52.0 Å². The molecule has 4 amide bonds. The highest BCUT2D eigenvalue weighted by molar-refractivity contribution is 7.98. The summed E-state index contributed by atoms with van der Waals surface area (Å²) < 4.78 is 31.0. The van der Waals surface area contributed by atoms with Crippen molar-refractivity contribution in [3.63, 3.8) is 0 Å². The van der Waals surface area contributed by atoms with Crippen molar-refractivity contribution in [3.05, 3.63) is 17.0 Å². The van der Waals surface area contributed by atoms with Gasteiger partial charge in [0.15, 0.2) is 9.84 Å². The van der Waals surface area contributed by atoms with E-state index in [1.807, 2.05) is 47.8 Å². The summed E-state index contributed by atoms with van der Waals surface area (Å²) in [7, 11) is -3.21. The van der Waals surface area contributed by atoms with E-state index in [0.717, 1.165) is 0 Å². The van der Waals surface area contributed by atoms with Gasteiger partial charge in [-0.2, -0.15) is 16.9 Å². The van der Waals surface area contributed by atoms with Crippen molar-refractivity contribution in [2.45, 2.75) is 129 Å². The first-order valence-corrected chi connectivity index (χ1v) is 20.3. The van der Waals surface area contributed by atoms with E-state index >= 15 is 0 Å². The Morgan fingerprint density at radius 3 is 2.10 bits per heavy atom. The zero-order chi connectivity index (χ0) is 37.1. The van der Waals surface area contributed by atoms with Crippen LogP contribution >= 0.6 is 11.8 Å². The maximum absolute atomic E-state index is 13.5. The van der Waals surface area contributed by atoms with E-state index in [2.05, 4.69) is 26.4 Å². The minimum Gasteiger partial charge on any atom is -0.448 e. The standard InChI is InChI=1S/C33H58N6O8S2/c1-19(2)14-26(29(40)16-22(7)30(41)36-27(15-20(3)4)32(43)34-21(5)6)35-31(42)25(10-13-48-9)37-33(44)47-12-11-39-28-18-49(45,46)17-24(28)23(8)38-39/h19-22,25-27,29,40H,10-18H2,1-9H3,(H,34,43)(H,35,42)(H,36,41)(H,37,44)/t22-,25+,26+,27+,29+/m1/s1. The van der Waals surface area contributed by atoms with Gasteiger partial charge in [0, 0.05) is 17.5 Å². The number of thioether (sulfide) groups is 1. The van der Waals surface area contributed by atoms with Crippen molar-refractivity contribution in [1.82, 2.24) is 31.0 Å². The number of aromatic nitrogens is 2. The second kappa shape index (κ2) is 19.5. The molecule has 0 spiro atoms. The van der Waals surface area contributed by atoms with Crippen molar-refractivity contribution in [1.29, 1.82) is 0 Å². The van der Waals surface area contributed by atoms with Gasteiger partial charge < -0.3 is 31.1 Å². The molecular formula is C33H58N6O8S2. The van der Waals surface area contributed by atoms with Gasteiger partial charge in [0.25, 0.3) is 0 Å². The Hall–Kier alpha value is -2.85. The number of ether oxygens (including phenoxy) is 1. The number of amides is 4. The number of hydrogen-bond acceptors (Lipinski definition) is 10. The molecule has 0 saturated heterocycles. The lowest BCUT2D eigenvalue weighted by Gasteiger charge is -2.30. The second-order valence-electron chi connectivity index (χ2n) is 14.2. The van der Waals surface area contributed by atoms with Gasteiger partial charge in [-0.25, -0.2) is 13.2 Å². The van der Waals surface area contributed by atoms with Gasteiger partial charge in [0.2, 0.25) is 17.7 Å². The van der Waals surface area contributed by atoms with E-state index in [9.17, 15) is 32.7 Å². The summed E-state index contributed by atoms with van der Waals surface area (Å²) in [6.07, 6.45) is 1.25. The average molecular weight is 731 g/mol. The predicted octanol–water partition coefficient (Wildman–Crippen LogP) is 2.44. The molecule has 0 aliphatic carbocycles. The summed E-state index contributed by atoms with van der Waals surface area (Å²) >= 11 is 1.51. The Kier molecular flexibility index (Phi) is 16.9. The third-order valence-corrected chi connectivity index (χ3v) is 10.3. The van der Waals surface area contributed by atoms with Crippen molar-refractivity contribution in [3.8, 4) is 0 Å². The summed E-state index contributed by atoms with van der Waals surface area (Å²) in [5.74, 6) is -1.06. The first-order chi connectivity index (χ1) is 22.8. The third kappa shape index (κ3) is 14.1. The molecule has 5 atom stereocenters. The van der Waals surface area contributed by atoms with Crippen molar-refractivity contribution in [2.75, 3.05) is 18.6 Å². The number of sulfone groups is 1. The summed E-state index contributed by atoms with van der Waals surface area (Å²) in [4.78, 5) is 52.2. The molecule has 0 saturated carbocycles. The SMILES string of the molecule is CSCC[C@H](NC(=O)OCCn1nc(C)c2c1CS(=O)(=O)C2)C(=O)N[C@@H](CC(C)C)[C@@H](O)C[C@@H](C)C(=O)N[C@@H](CC(C)C)C(=O)NC(C)C. The van der Waals surface area contributed by atoms with E-state index in [4.69, 9.17) is 4.74 Å². The van der Waals surface area contributed by atoms with Crippen molar-refractivity contribution >= 4 is 45.4 Å². The van der Waals surface area contributed by atoms with Crippen LogP contribution in [0.5, 0.6) is 0 Å². The minimum absolute atomic E-state index is 0.0454. The number of nitrogens with one attached hydrogen (secondary N) is 4. The largest absolute Gasteiger partial charge is 0.448 e. The highest BCUT2D eigenvalue weighted by Gasteiger charge is 2.33. The monoisotopic (exact) mass is 730 g/mol. The molecule has 49 heavy (non-hydrogen) atoms. The topological polar surface area (TPSA) is 198 Å². The molecule has 0 fully saturated rings. The van der Waals surface area contributed by atoms with E-state index in [0.29, 0.717) is 42.0 Å². The van der Waals surface area contributed by atoms with Gasteiger partial charge in [-0.1, -0.05) is 34.6 Å². The van der Waals surface area contributed by atoms with Crippen LogP contribution in [0.25, 0.3) is 0 Å². The molecule has 1 aliphatic rings. The molecule has 5 N–H and O–H groups in total. The predicted molar refractivity (Wildman–Crippen MR) is 190 cm³/mol. The van der Waals surface area contributed by atoms with E-state index in [-0.39, 0.29) is 60.8 Å². The van der Waals surface area contributed by atoms with Crippen LogP contribution in [-0.4, -0.2) is 96.0 Å². The fourth-order valence-electron chi connectivity index (χ4n) is 5.73. The van der Waals surface area contributed by atoms with Crippen LogP contribution < -0.4 is 21.3 Å². The second-order valence-corrected chi connectivity index (χ2v) is 17.2. The molecule has 0 unspecified atom stereocenters. The minimum atomic E-state index is -3.21. The number of fused-ring (bicyclic) bond motifs is 1. The first-order valence-electron chi connectivity index (χ1n) is 17.1. The molecule has 14 nitrogen and oxygen atoms in total. The highest BCUT2D eigenvalue weighted by Crippen LogP contribution is 2.27.